The maximum absolute atomic E-state index is 5.91. The number of hydrogen-bond acceptors (Lipinski definition) is 7. The van der Waals surface area contributed by atoms with Crippen LogP contribution in [0, 0.1) is 6.92 Å². The van der Waals surface area contributed by atoms with Crippen molar-refractivity contribution in [2.24, 2.45) is 0 Å². The van der Waals surface area contributed by atoms with Crippen LogP contribution in [0.15, 0.2) is 42.6 Å². The predicted octanol–water partition coefficient (Wildman–Crippen LogP) is 2.77. The lowest BCUT2D eigenvalue weighted by Crippen LogP contribution is -2.55. The van der Waals surface area contributed by atoms with E-state index in [4.69, 9.17) is 5.73 Å². The van der Waals surface area contributed by atoms with Gasteiger partial charge in [-0.25, -0.2) is 4.68 Å². The molecule has 2 aliphatic rings. The number of rotatable bonds is 5. The van der Waals surface area contributed by atoms with Gasteiger partial charge in [0.15, 0.2) is 5.82 Å². The number of fused-ring (bicyclic) bond motifs is 3. The Morgan fingerprint density at radius 1 is 1.18 bits per heavy atom. The van der Waals surface area contributed by atoms with Crippen molar-refractivity contribution in [3.63, 3.8) is 0 Å². The summed E-state index contributed by atoms with van der Waals surface area (Å²) in [6.45, 7) is 6.29. The highest BCUT2D eigenvalue weighted by Crippen LogP contribution is 2.32. The van der Waals surface area contributed by atoms with E-state index in [0.717, 1.165) is 43.3 Å². The van der Waals surface area contributed by atoms with Crippen molar-refractivity contribution in [3.8, 4) is 5.82 Å². The van der Waals surface area contributed by atoms with Crippen molar-refractivity contribution in [3.05, 3.63) is 59.4 Å². The second kappa shape index (κ2) is 8.86. The molecule has 1 fully saturated rings. The summed E-state index contributed by atoms with van der Waals surface area (Å²) >= 11 is 0. The summed E-state index contributed by atoms with van der Waals surface area (Å²) in [7, 11) is 3.86. The minimum Gasteiger partial charge on any atom is -0.368 e. The zero-order valence-electron chi connectivity index (χ0n) is 19.6. The molecule has 0 amide bonds. The van der Waals surface area contributed by atoms with Gasteiger partial charge in [0, 0.05) is 63.6 Å². The normalized spacial score (nSPS) is 18.4. The van der Waals surface area contributed by atoms with Crippen molar-refractivity contribution in [1.29, 1.82) is 0 Å². The highest BCUT2D eigenvalue weighted by atomic mass is 15.3. The molecule has 2 aliphatic heterocycles. The molecular weight excluding hydrogens is 412 g/mol. The van der Waals surface area contributed by atoms with Gasteiger partial charge in [-0.05, 0) is 31.4 Å². The molecule has 8 heteroatoms. The van der Waals surface area contributed by atoms with Crippen molar-refractivity contribution < 1.29 is 0 Å². The summed E-state index contributed by atoms with van der Waals surface area (Å²) < 4.78 is 1.82. The molecule has 172 valence electrons. The fraction of sp³-hybridized carbons (Fsp3) is 0.400. The molecule has 1 aromatic carbocycles. The molecule has 0 bridgehead atoms. The number of aromatic nitrogens is 4. The monoisotopic (exact) mass is 444 g/mol. The summed E-state index contributed by atoms with van der Waals surface area (Å²) in [6.07, 6.45) is 8.72. The highest BCUT2D eigenvalue weighted by Gasteiger charge is 2.30. The number of benzene rings is 1. The molecule has 0 saturated carbocycles. The zero-order valence-corrected chi connectivity index (χ0v) is 19.6. The highest BCUT2D eigenvalue weighted by molar-refractivity contribution is 5.57. The van der Waals surface area contributed by atoms with Gasteiger partial charge in [-0.1, -0.05) is 30.4 Å². The SMILES string of the molecule is Cc1c(/C=C/CN2CCN3c4ccccc4CCC3C2)cnn1-c1cc(N(C)C)nc(N)n1. The van der Waals surface area contributed by atoms with Crippen LogP contribution < -0.4 is 15.5 Å². The number of nitrogens with two attached hydrogens (primary N) is 1. The number of aryl methyl sites for hydroxylation is 1. The third-order valence-corrected chi connectivity index (χ3v) is 6.72. The van der Waals surface area contributed by atoms with Crippen LogP contribution in [0.25, 0.3) is 11.9 Å². The molecule has 0 aliphatic carbocycles. The molecule has 1 unspecified atom stereocenters. The maximum Gasteiger partial charge on any atom is 0.224 e. The van der Waals surface area contributed by atoms with Crippen LogP contribution in [0.2, 0.25) is 0 Å². The Kier molecular flexibility index (Phi) is 5.76. The molecule has 2 aromatic heterocycles. The standard InChI is InChI=1S/C25H32N8/c1-18-20(16-27-33(18)24-15-23(30(2)3)28-25(26)29-24)8-6-12-31-13-14-32-21(17-31)11-10-19-7-4-5-9-22(19)32/h4-9,15-16,21H,10-14,17H2,1-3H3,(H2,26,28,29)/b8-6+. The molecular formula is C25H32N8. The Morgan fingerprint density at radius 3 is 2.88 bits per heavy atom. The van der Waals surface area contributed by atoms with E-state index in [1.54, 1.807) is 0 Å². The van der Waals surface area contributed by atoms with Gasteiger partial charge in [0.1, 0.15) is 5.82 Å². The molecule has 2 N–H and O–H groups in total. The first-order valence-electron chi connectivity index (χ1n) is 11.6. The smallest absolute Gasteiger partial charge is 0.224 e. The Bertz CT molecular complexity index is 1160. The van der Waals surface area contributed by atoms with E-state index in [2.05, 4.69) is 68.2 Å². The molecule has 0 radical (unpaired) electrons. The van der Waals surface area contributed by atoms with Crippen LogP contribution in [0.4, 0.5) is 17.5 Å². The average molecular weight is 445 g/mol. The van der Waals surface area contributed by atoms with E-state index >= 15 is 0 Å². The van der Waals surface area contributed by atoms with Gasteiger partial charge in [-0.3, -0.25) is 4.90 Å². The fourth-order valence-corrected chi connectivity index (χ4v) is 4.90. The van der Waals surface area contributed by atoms with E-state index in [9.17, 15) is 0 Å². The summed E-state index contributed by atoms with van der Waals surface area (Å²) in [5.74, 6) is 1.68. The first-order valence-corrected chi connectivity index (χ1v) is 11.6. The second-order valence-corrected chi connectivity index (χ2v) is 9.11. The third-order valence-electron chi connectivity index (χ3n) is 6.72. The zero-order chi connectivity index (χ0) is 22.9. The van der Waals surface area contributed by atoms with Crippen molar-refractivity contribution >= 4 is 23.5 Å². The molecule has 0 spiro atoms. The van der Waals surface area contributed by atoms with Crippen LogP contribution in [-0.4, -0.2) is 71.0 Å². The number of nitrogen functional groups attached to an aromatic ring is 1. The first-order chi connectivity index (χ1) is 16.0. The second-order valence-electron chi connectivity index (χ2n) is 9.11. The molecule has 4 heterocycles. The largest absolute Gasteiger partial charge is 0.368 e. The van der Waals surface area contributed by atoms with E-state index < -0.39 is 0 Å². The first kappa shape index (κ1) is 21.5. The number of piperazine rings is 1. The minimum atomic E-state index is 0.243. The lowest BCUT2D eigenvalue weighted by molar-refractivity contribution is 0.234. The molecule has 3 aromatic rings. The van der Waals surface area contributed by atoms with Crippen molar-refractivity contribution in [1.82, 2.24) is 24.6 Å². The van der Waals surface area contributed by atoms with Crippen LogP contribution >= 0.6 is 0 Å². The lowest BCUT2D eigenvalue weighted by Gasteiger charge is -2.46. The molecule has 1 saturated heterocycles. The maximum atomic E-state index is 5.91. The molecule has 5 rings (SSSR count). The Hall–Kier alpha value is -3.39. The van der Waals surface area contributed by atoms with Gasteiger partial charge in [-0.15, -0.1) is 0 Å². The van der Waals surface area contributed by atoms with Gasteiger partial charge < -0.3 is 15.5 Å². The van der Waals surface area contributed by atoms with Gasteiger partial charge in [-0.2, -0.15) is 15.1 Å². The predicted molar refractivity (Wildman–Crippen MR) is 134 cm³/mol. The summed E-state index contributed by atoms with van der Waals surface area (Å²) in [6, 6.07) is 11.4. The van der Waals surface area contributed by atoms with Gasteiger partial charge in [0.2, 0.25) is 5.95 Å². The Labute approximate surface area is 195 Å². The molecule has 1 atom stereocenters. The number of anilines is 3. The summed E-state index contributed by atoms with van der Waals surface area (Å²) in [5.41, 5.74) is 11.0. The Morgan fingerprint density at radius 2 is 2.03 bits per heavy atom. The Balaban J connectivity index is 1.24. The van der Waals surface area contributed by atoms with Gasteiger partial charge >= 0.3 is 0 Å². The topological polar surface area (TPSA) is 79.3 Å². The molecule has 33 heavy (non-hydrogen) atoms. The minimum absolute atomic E-state index is 0.243. The average Bonchev–Trinajstić information content (AvgIpc) is 3.18. The number of hydrogen-bond donors (Lipinski definition) is 1. The van der Waals surface area contributed by atoms with E-state index in [1.807, 2.05) is 35.9 Å². The van der Waals surface area contributed by atoms with Crippen molar-refractivity contribution in [2.45, 2.75) is 25.8 Å². The number of nitrogens with zero attached hydrogens (tertiary/aromatic N) is 7. The van der Waals surface area contributed by atoms with Gasteiger partial charge in [0.05, 0.1) is 11.9 Å². The quantitative estimate of drug-likeness (QED) is 0.648. The van der Waals surface area contributed by atoms with Crippen LogP contribution in [0.5, 0.6) is 0 Å². The van der Waals surface area contributed by atoms with E-state index in [0.29, 0.717) is 11.9 Å². The van der Waals surface area contributed by atoms with E-state index in [-0.39, 0.29) is 5.95 Å². The third kappa shape index (κ3) is 4.30. The summed E-state index contributed by atoms with van der Waals surface area (Å²) in [5, 5.41) is 4.55. The number of para-hydroxylation sites is 1. The molecule has 8 nitrogen and oxygen atoms in total. The van der Waals surface area contributed by atoms with Crippen LogP contribution in [0.3, 0.4) is 0 Å². The van der Waals surface area contributed by atoms with E-state index in [1.165, 1.54) is 24.1 Å². The van der Waals surface area contributed by atoms with Crippen molar-refractivity contribution in [2.75, 3.05) is 55.8 Å². The van der Waals surface area contributed by atoms with Gasteiger partial charge in [0.25, 0.3) is 0 Å². The summed E-state index contributed by atoms with van der Waals surface area (Å²) in [4.78, 5) is 15.7. The lowest BCUT2D eigenvalue weighted by atomic mass is 9.94. The fourth-order valence-electron chi connectivity index (χ4n) is 4.90. The van der Waals surface area contributed by atoms with Crippen LogP contribution in [-0.2, 0) is 6.42 Å². The van der Waals surface area contributed by atoms with Crippen LogP contribution in [0.1, 0.15) is 23.2 Å².